The van der Waals surface area contributed by atoms with E-state index in [1.807, 2.05) is 24.3 Å². The number of carboxylic acid groups (broad SMARTS) is 1. The van der Waals surface area contributed by atoms with E-state index in [0.717, 1.165) is 22.2 Å². The summed E-state index contributed by atoms with van der Waals surface area (Å²) in [6.45, 7) is 1.45. The first-order chi connectivity index (χ1) is 13.0. The number of aryl methyl sites for hydroxylation is 1. The van der Waals surface area contributed by atoms with E-state index in [1.165, 1.54) is 0 Å². The molecule has 1 aromatic carbocycles. The van der Waals surface area contributed by atoms with Gasteiger partial charge in [0.25, 0.3) is 0 Å². The smallest absolute Gasteiger partial charge is 0.321 e. The van der Waals surface area contributed by atoms with Gasteiger partial charge in [0.05, 0.1) is 18.3 Å². The molecule has 1 unspecified atom stereocenters. The minimum atomic E-state index is -0.909. The van der Waals surface area contributed by atoms with Gasteiger partial charge >= 0.3 is 5.97 Å². The maximum absolute atomic E-state index is 11.7. The highest BCUT2D eigenvalue weighted by Crippen LogP contribution is 2.36. The lowest BCUT2D eigenvalue weighted by atomic mass is 9.89. The van der Waals surface area contributed by atoms with Crippen LogP contribution < -0.4 is 5.32 Å². The van der Waals surface area contributed by atoms with E-state index in [9.17, 15) is 20.1 Å². The Bertz CT molecular complexity index is 1030. The van der Waals surface area contributed by atoms with Crippen molar-refractivity contribution in [1.29, 1.82) is 0 Å². The SMILES string of the molecule is Cc1ncc(CO)c(CC2N[C@H](C(=O)O)Cc3c2[nH]c2ccccc32)c1O. The van der Waals surface area contributed by atoms with Crippen LogP contribution in [0.3, 0.4) is 0 Å². The molecule has 7 nitrogen and oxygen atoms in total. The zero-order valence-electron chi connectivity index (χ0n) is 14.9. The second kappa shape index (κ2) is 6.68. The lowest BCUT2D eigenvalue weighted by Gasteiger charge is -2.30. The van der Waals surface area contributed by atoms with Crippen molar-refractivity contribution < 1.29 is 20.1 Å². The first kappa shape index (κ1) is 17.5. The molecule has 1 aliphatic heterocycles. The number of carbonyl (C=O) groups is 1. The number of aromatic nitrogens is 2. The Balaban J connectivity index is 1.82. The van der Waals surface area contributed by atoms with Crippen LogP contribution >= 0.6 is 0 Å². The van der Waals surface area contributed by atoms with E-state index in [-0.39, 0.29) is 18.4 Å². The summed E-state index contributed by atoms with van der Waals surface area (Å²) >= 11 is 0. The van der Waals surface area contributed by atoms with Crippen LogP contribution in [0.4, 0.5) is 0 Å². The highest BCUT2D eigenvalue weighted by molar-refractivity contribution is 5.86. The van der Waals surface area contributed by atoms with E-state index in [4.69, 9.17) is 0 Å². The highest BCUT2D eigenvalue weighted by Gasteiger charge is 2.34. The zero-order valence-corrected chi connectivity index (χ0v) is 14.9. The summed E-state index contributed by atoms with van der Waals surface area (Å²) in [4.78, 5) is 19.2. The molecule has 4 rings (SSSR count). The average Bonchev–Trinajstić information content (AvgIpc) is 3.04. The van der Waals surface area contributed by atoms with Crippen molar-refractivity contribution >= 4 is 16.9 Å². The first-order valence-corrected chi connectivity index (χ1v) is 8.85. The highest BCUT2D eigenvalue weighted by atomic mass is 16.4. The van der Waals surface area contributed by atoms with Gasteiger partial charge in [0.2, 0.25) is 0 Å². The van der Waals surface area contributed by atoms with E-state index >= 15 is 0 Å². The molecule has 0 aliphatic carbocycles. The van der Waals surface area contributed by atoms with Crippen molar-refractivity contribution in [2.45, 2.75) is 38.5 Å². The number of aromatic hydroxyl groups is 1. The van der Waals surface area contributed by atoms with Crippen molar-refractivity contribution in [2.75, 3.05) is 0 Å². The number of hydrogen-bond donors (Lipinski definition) is 5. The summed E-state index contributed by atoms with van der Waals surface area (Å²) in [7, 11) is 0. The Morgan fingerprint density at radius 3 is 2.85 bits per heavy atom. The molecular formula is C20H21N3O4. The largest absolute Gasteiger partial charge is 0.506 e. The molecule has 2 aromatic heterocycles. The van der Waals surface area contributed by atoms with Crippen LogP contribution in [0.2, 0.25) is 0 Å². The minimum Gasteiger partial charge on any atom is -0.506 e. The summed E-state index contributed by atoms with van der Waals surface area (Å²) in [6.07, 6.45) is 2.28. The Kier molecular flexibility index (Phi) is 4.33. The van der Waals surface area contributed by atoms with E-state index in [2.05, 4.69) is 15.3 Å². The van der Waals surface area contributed by atoms with Crippen molar-refractivity contribution in [3.63, 3.8) is 0 Å². The van der Waals surface area contributed by atoms with Crippen LogP contribution in [0, 0.1) is 6.92 Å². The summed E-state index contributed by atoms with van der Waals surface area (Å²) in [5, 5.41) is 33.9. The number of aliphatic hydroxyl groups is 1. The lowest BCUT2D eigenvalue weighted by molar-refractivity contribution is -0.139. The number of rotatable bonds is 4. The molecule has 0 saturated carbocycles. The number of aliphatic hydroxyl groups excluding tert-OH is 1. The molecule has 1 aliphatic rings. The molecule has 140 valence electrons. The number of benzene rings is 1. The zero-order chi connectivity index (χ0) is 19.1. The molecule has 2 atom stereocenters. The van der Waals surface area contributed by atoms with Crippen LogP contribution in [0.1, 0.15) is 34.1 Å². The summed E-state index contributed by atoms with van der Waals surface area (Å²) < 4.78 is 0. The van der Waals surface area contributed by atoms with Crippen molar-refractivity contribution in [2.24, 2.45) is 0 Å². The summed E-state index contributed by atoms with van der Waals surface area (Å²) in [5.74, 6) is -0.869. The molecule has 0 radical (unpaired) electrons. The molecule has 0 spiro atoms. The Hall–Kier alpha value is -2.90. The molecule has 0 amide bonds. The van der Waals surface area contributed by atoms with E-state index in [1.54, 1.807) is 13.1 Å². The van der Waals surface area contributed by atoms with Gasteiger partial charge in [-0.15, -0.1) is 0 Å². The second-order valence-electron chi connectivity index (χ2n) is 6.94. The molecule has 3 heterocycles. The number of nitrogens with one attached hydrogen (secondary N) is 2. The van der Waals surface area contributed by atoms with E-state index < -0.39 is 12.0 Å². The van der Waals surface area contributed by atoms with E-state index in [0.29, 0.717) is 29.7 Å². The van der Waals surface area contributed by atoms with Crippen molar-refractivity contribution in [1.82, 2.24) is 15.3 Å². The molecular weight excluding hydrogens is 346 g/mol. The number of pyridine rings is 1. The number of aromatic amines is 1. The Labute approximate surface area is 155 Å². The fraction of sp³-hybridized carbons (Fsp3) is 0.300. The van der Waals surface area contributed by atoms with Gasteiger partial charge in [-0.1, -0.05) is 18.2 Å². The summed E-state index contributed by atoms with van der Waals surface area (Å²) in [5.41, 5.74) is 4.46. The normalized spacial score (nSPS) is 19.2. The number of carboxylic acids is 1. The predicted molar refractivity (Wildman–Crippen MR) is 99.6 cm³/mol. The molecule has 0 bridgehead atoms. The van der Waals surface area contributed by atoms with Crippen molar-refractivity contribution in [3.05, 3.63) is 58.5 Å². The molecule has 0 fully saturated rings. The van der Waals surface area contributed by atoms with Crippen LogP contribution in [0.5, 0.6) is 5.75 Å². The Morgan fingerprint density at radius 1 is 1.33 bits per heavy atom. The van der Waals surface area contributed by atoms with Gasteiger partial charge < -0.3 is 20.3 Å². The van der Waals surface area contributed by atoms with Gasteiger partial charge in [-0.05, 0) is 25.0 Å². The topological polar surface area (TPSA) is 118 Å². The predicted octanol–water partition coefficient (Wildman–Crippen LogP) is 1.95. The number of hydrogen-bond acceptors (Lipinski definition) is 5. The third kappa shape index (κ3) is 2.94. The number of H-pyrrole nitrogens is 1. The van der Waals surface area contributed by atoms with Gasteiger partial charge in [-0.2, -0.15) is 0 Å². The monoisotopic (exact) mass is 367 g/mol. The fourth-order valence-electron chi connectivity index (χ4n) is 3.90. The van der Waals surface area contributed by atoms with Gasteiger partial charge in [-0.3, -0.25) is 15.1 Å². The van der Waals surface area contributed by atoms with Crippen LogP contribution in [-0.2, 0) is 24.2 Å². The van der Waals surface area contributed by atoms with Crippen LogP contribution in [0.25, 0.3) is 10.9 Å². The first-order valence-electron chi connectivity index (χ1n) is 8.85. The van der Waals surface area contributed by atoms with Gasteiger partial charge in [0, 0.05) is 40.3 Å². The van der Waals surface area contributed by atoms with Crippen molar-refractivity contribution in [3.8, 4) is 5.75 Å². The quantitative estimate of drug-likeness (QED) is 0.481. The molecule has 27 heavy (non-hydrogen) atoms. The number of aliphatic carboxylic acids is 1. The maximum atomic E-state index is 11.7. The standard InChI is InChI=1S/C20H21N3O4/c1-10-19(25)13(11(9-24)8-21-10)6-16-18-14(7-17(22-16)20(26)27)12-4-2-3-5-15(12)23-18/h2-5,8,16-17,22-25H,6-7,9H2,1H3,(H,26,27)/t16?,17-/m0/s1. The Morgan fingerprint density at radius 2 is 2.11 bits per heavy atom. The third-order valence-corrected chi connectivity index (χ3v) is 5.31. The number of nitrogens with zero attached hydrogens (tertiary/aromatic N) is 1. The molecule has 3 aromatic rings. The van der Waals surface area contributed by atoms with Crippen LogP contribution in [0.15, 0.2) is 30.5 Å². The number of fused-ring (bicyclic) bond motifs is 3. The molecule has 0 saturated heterocycles. The number of para-hydroxylation sites is 1. The third-order valence-electron chi connectivity index (χ3n) is 5.31. The minimum absolute atomic E-state index is 0.0402. The van der Waals surface area contributed by atoms with Gasteiger partial charge in [0.15, 0.2) is 0 Å². The average molecular weight is 367 g/mol. The molecule has 7 heteroatoms. The fourth-order valence-corrected chi connectivity index (χ4v) is 3.90. The van der Waals surface area contributed by atoms with Gasteiger partial charge in [0.1, 0.15) is 11.8 Å². The lowest BCUT2D eigenvalue weighted by Crippen LogP contribution is -2.45. The molecule has 5 N–H and O–H groups in total. The maximum Gasteiger partial charge on any atom is 0.321 e. The van der Waals surface area contributed by atoms with Crippen LogP contribution in [-0.4, -0.2) is 37.3 Å². The second-order valence-corrected chi connectivity index (χ2v) is 6.94. The summed E-state index contributed by atoms with van der Waals surface area (Å²) in [6, 6.07) is 6.77. The van der Waals surface area contributed by atoms with Gasteiger partial charge in [-0.25, -0.2) is 0 Å².